The fourth-order valence-electron chi connectivity index (χ4n) is 3.08. The van der Waals surface area contributed by atoms with Gasteiger partial charge in [-0.3, -0.25) is 9.59 Å². The van der Waals surface area contributed by atoms with E-state index in [-0.39, 0.29) is 30.5 Å². The molecule has 1 aromatic carbocycles. The summed E-state index contributed by atoms with van der Waals surface area (Å²) in [5.74, 6) is 0.431. The Bertz CT molecular complexity index is 1160. The highest BCUT2D eigenvalue weighted by atomic mass is 32.1. The number of amides is 1. The van der Waals surface area contributed by atoms with Crippen molar-refractivity contribution in [2.24, 2.45) is 0 Å². The molecule has 0 spiro atoms. The van der Waals surface area contributed by atoms with Crippen molar-refractivity contribution < 1.29 is 33.1 Å². The van der Waals surface area contributed by atoms with E-state index >= 15 is 0 Å². The number of nitrogens with one attached hydrogen (secondary N) is 1. The first kappa shape index (κ1) is 25.0. The summed E-state index contributed by atoms with van der Waals surface area (Å²) in [5, 5.41) is 6.61. The first-order chi connectivity index (χ1) is 16.3. The Labute approximate surface area is 201 Å². The number of methoxy groups -OCH3 is 1. The molecule has 0 unspecified atom stereocenters. The quantitative estimate of drug-likeness (QED) is 0.322. The van der Waals surface area contributed by atoms with Crippen molar-refractivity contribution in [3.63, 3.8) is 0 Å². The van der Waals surface area contributed by atoms with E-state index in [9.17, 15) is 14.4 Å². The molecule has 0 fully saturated rings. The molecule has 2 heterocycles. The molecule has 9 nitrogen and oxygen atoms in total. The number of Topliss-reactive ketones (excluding diaryl/α,β-unsaturated/α-hetero) is 1. The number of benzene rings is 1. The topological polar surface area (TPSA) is 117 Å². The van der Waals surface area contributed by atoms with E-state index in [1.165, 1.54) is 31.4 Å². The molecule has 0 aliphatic carbocycles. The molecule has 0 radical (unpaired) electrons. The number of esters is 1. The van der Waals surface area contributed by atoms with E-state index in [1.807, 2.05) is 13.0 Å². The van der Waals surface area contributed by atoms with Crippen LogP contribution in [0.25, 0.3) is 0 Å². The normalized spacial score (nSPS) is 10.6. The monoisotopic (exact) mass is 486 g/mol. The lowest BCUT2D eigenvalue weighted by molar-refractivity contribution is -0.118. The third-order valence-electron chi connectivity index (χ3n) is 4.97. The number of ether oxygens (including phenoxy) is 3. The van der Waals surface area contributed by atoms with Gasteiger partial charge in [0.1, 0.15) is 12.4 Å². The van der Waals surface area contributed by atoms with Crippen molar-refractivity contribution in [3.05, 3.63) is 62.7 Å². The first-order valence-corrected chi connectivity index (χ1v) is 11.4. The van der Waals surface area contributed by atoms with Gasteiger partial charge in [0, 0.05) is 18.3 Å². The molecule has 0 atom stereocenters. The lowest BCUT2D eigenvalue weighted by Gasteiger charge is -2.12. The highest BCUT2D eigenvalue weighted by Crippen LogP contribution is 2.30. The first-order valence-electron chi connectivity index (χ1n) is 10.5. The molecular weight excluding hydrogens is 460 g/mol. The summed E-state index contributed by atoms with van der Waals surface area (Å²) in [6, 6.07) is 8.17. The van der Waals surface area contributed by atoms with Crippen LogP contribution in [0.1, 0.15) is 48.8 Å². The van der Waals surface area contributed by atoms with Crippen LogP contribution in [0, 0.1) is 13.8 Å². The molecular formula is C24H26N2O7S. The molecule has 34 heavy (non-hydrogen) atoms. The van der Waals surface area contributed by atoms with Crippen LogP contribution >= 0.6 is 11.3 Å². The third kappa shape index (κ3) is 6.44. The van der Waals surface area contributed by atoms with Crippen LogP contribution in [-0.4, -0.2) is 43.1 Å². The highest BCUT2D eigenvalue weighted by Gasteiger charge is 2.17. The minimum absolute atomic E-state index is 0.101. The second-order valence-corrected chi connectivity index (χ2v) is 8.62. The summed E-state index contributed by atoms with van der Waals surface area (Å²) >= 11 is 1.31. The van der Waals surface area contributed by atoms with E-state index in [1.54, 1.807) is 25.1 Å². The van der Waals surface area contributed by atoms with Gasteiger partial charge in [-0.1, -0.05) is 5.16 Å². The molecule has 0 bridgehead atoms. The number of hydrogen-bond acceptors (Lipinski definition) is 9. The zero-order valence-electron chi connectivity index (χ0n) is 19.4. The molecule has 0 aliphatic heterocycles. The molecule has 180 valence electrons. The fraction of sp³-hybridized carbons (Fsp3) is 0.333. The zero-order chi connectivity index (χ0) is 24.7. The smallest absolute Gasteiger partial charge is 0.338 e. The van der Waals surface area contributed by atoms with Crippen LogP contribution in [0.15, 0.2) is 34.9 Å². The van der Waals surface area contributed by atoms with Gasteiger partial charge < -0.3 is 24.1 Å². The Morgan fingerprint density at radius 2 is 1.91 bits per heavy atom. The number of aryl methyl sites for hydroxylation is 2. The molecule has 1 N–H and O–H groups in total. The maximum absolute atomic E-state index is 12.5. The lowest BCUT2D eigenvalue weighted by atomic mass is 10.2. The number of hydrogen-bond donors (Lipinski definition) is 1. The summed E-state index contributed by atoms with van der Waals surface area (Å²) in [6.07, 6.45) is 0.627. The van der Waals surface area contributed by atoms with Crippen molar-refractivity contribution in [1.29, 1.82) is 0 Å². The second kappa shape index (κ2) is 11.5. The molecule has 3 rings (SSSR count). The van der Waals surface area contributed by atoms with Gasteiger partial charge in [-0.2, -0.15) is 0 Å². The molecule has 1 amide bonds. The van der Waals surface area contributed by atoms with E-state index < -0.39 is 5.97 Å². The predicted molar refractivity (Wildman–Crippen MR) is 125 cm³/mol. The Balaban J connectivity index is 1.55. The number of carbonyl (C=O) groups excluding carboxylic acids is 3. The summed E-state index contributed by atoms with van der Waals surface area (Å²) in [6.45, 7) is 5.45. The number of rotatable bonds is 11. The molecule has 0 saturated carbocycles. The minimum atomic E-state index is -0.647. The minimum Gasteiger partial charge on any atom is -0.493 e. The summed E-state index contributed by atoms with van der Waals surface area (Å²) < 4.78 is 21.5. The summed E-state index contributed by atoms with van der Waals surface area (Å²) in [4.78, 5) is 37.3. The Kier molecular flexibility index (Phi) is 8.42. The van der Waals surface area contributed by atoms with Crippen molar-refractivity contribution in [2.45, 2.75) is 33.8 Å². The maximum Gasteiger partial charge on any atom is 0.338 e. The third-order valence-corrected chi connectivity index (χ3v) is 6.15. The number of aromatic nitrogens is 1. The van der Waals surface area contributed by atoms with Crippen molar-refractivity contribution >= 4 is 29.0 Å². The van der Waals surface area contributed by atoms with Crippen LogP contribution in [0.3, 0.4) is 0 Å². The number of nitrogens with zero attached hydrogens (tertiary/aromatic N) is 1. The van der Waals surface area contributed by atoms with Crippen LogP contribution in [0.5, 0.6) is 11.5 Å². The summed E-state index contributed by atoms with van der Waals surface area (Å²) in [5.41, 5.74) is 1.82. The van der Waals surface area contributed by atoms with Gasteiger partial charge in [-0.05, 0) is 50.6 Å². The van der Waals surface area contributed by atoms with E-state index in [0.29, 0.717) is 35.1 Å². The zero-order valence-corrected chi connectivity index (χ0v) is 20.2. The number of thiophene rings is 1. The molecule has 0 saturated heterocycles. The molecule has 10 heteroatoms. The Morgan fingerprint density at radius 3 is 2.59 bits per heavy atom. The molecule has 0 aliphatic rings. The van der Waals surface area contributed by atoms with Crippen molar-refractivity contribution in [1.82, 2.24) is 10.5 Å². The van der Waals surface area contributed by atoms with Crippen LogP contribution in [0.4, 0.5) is 0 Å². The Morgan fingerprint density at radius 1 is 1.12 bits per heavy atom. The van der Waals surface area contributed by atoms with Crippen molar-refractivity contribution in [3.8, 4) is 11.5 Å². The highest BCUT2D eigenvalue weighted by molar-refractivity contribution is 7.14. The largest absolute Gasteiger partial charge is 0.493 e. The second-order valence-electron chi connectivity index (χ2n) is 7.46. The van der Waals surface area contributed by atoms with Crippen LogP contribution in [0.2, 0.25) is 0 Å². The lowest BCUT2D eigenvalue weighted by Crippen LogP contribution is -2.22. The predicted octanol–water partition coefficient (Wildman–Crippen LogP) is 3.66. The number of ketones is 1. The maximum atomic E-state index is 12.5. The standard InChI is InChI=1S/C24H26N2O7S/c1-14-19(15(2)33-26-14)12-31-21-7-5-17(11-22(21)30-4)24(29)32-13-20(28)23-8-6-18(34-23)9-10-25-16(3)27/h5-8,11H,9-10,12-13H2,1-4H3,(H,25,27). The molecule has 3 aromatic rings. The van der Waals surface area contributed by atoms with Crippen molar-refractivity contribution in [2.75, 3.05) is 20.3 Å². The van der Waals surface area contributed by atoms with Gasteiger partial charge in [-0.15, -0.1) is 11.3 Å². The van der Waals surface area contributed by atoms with Crippen LogP contribution in [-0.2, 0) is 22.6 Å². The SMILES string of the molecule is COc1cc(C(=O)OCC(=O)c2ccc(CCNC(C)=O)s2)ccc1OCc1c(C)noc1C. The van der Waals surface area contributed by atoms with E-state index in [2.05, 4.69) is 10.5 Å². The van der Waals surface area contributed by atoms with Gasteiger partial charge in [0.2, 0.25) is 11.7 Å². The van der Waals surface area contributed by atoms with Gasteiger partial charge in [0.05, 0.1) is 28.8 Å². The average molecular weight is 487 g/mol. The fourth-order valence-corrected chi connectivity index (χ4v) is 4.01. The van der Waals surface area contributed by atoms with Gasteiger partial charge in [0.25, 0.3) is 0 Å². The summed E-state index contributed by atoms with van der Waals surface area (Å²) in [7, 11) is 1.47. The average Bonchev–Trinajstić information content (AvgIpc) is 3.42. The van der Waals surface area contributed by atoms with Crippen LogP contribution < -0.4 is 14.8 Å². The van der Waals surface area contributed by atoms with E-state index in [4.69, 9.17) is 18.7 Å². The molecule has 2 aromatic heterocycles. The van der Waals surface area contributed by atoms with Gasteiger partial charge in [0.15, 0.2) is 18.1 Å². The van der Waals surface area contributed by atoms with Gasteiger partial charge in [-0.25, -0.2) is 4.79 Å². The van der Waals surface area contributed by atoms with Gasteiger partial charge >= 0.3 is 5.97 Å². The number of carbonyl (C=O) groups is 3. The Hall–Kier alpha value is -3.66. The van der Waals surface area contributed by atoms with E-state index in [0.717, 1.165) is 16.1 Å².